The Morgan fingerprint density at radius 2 is 2.00 bits per heavy atom. The molecule has 2 nitrogen and oxygen atoms in total. The third-order valence-corrected chi connectivity index (χ3v) is 6.10. The average Bonchev–Trinajstić information content (AvgIpc) is 2.72. The van der Waals surface area contributed by atoms with Gasteiger partial charge in [0.2, 0.25) is 0 Å². The minimum absolute atomic E-state index is 0.356. The van der Waals surface area contributed by atoms with Gasteiger partial charge in [0.25, 0.3) is 0 Å². The van der Waals surface area contributed by atoms with Crippen LogP contribution in [0, 0.1) is 3.82 Å². The van der Waals surface area contributed by atoms with E-state index in [9.17, 15) is 5.11 Å². The first-order valence-electron chi connectivity index (χ1n) is 6.12. The zero-order valence-electron chi connectivity index (χ0n) is 11.3. The Labute approximate surface area is 126 Å². The molecule has 0 aliphatic rings. The molecule has 19 heavy (non-hydrogen) atoms. The second-order valence-corrected chi connectivity index (χ2v) is 7.51. The maximum absolute atomic E-state index is 9.92. The minimum Gasteiger partial charge on any atom is -0.508 e. The molecule has 0 radical (unpaired) electrons. The highest BCUT2D eigenvalue weighted by atomic mass is 32.9. The first-order chi connectivity index (χ1) is 9.02. The van der Waals surface area contributed by atoms with E-state index in [1.54, 1.807) is 26.7 Å². The van der Waals surface area contributed by atoms with E-state index < -0.39 is 0 Å². The van der Waals surface area contributed by atoms with Crippen LogP contribution in [-0.4, -0.2) is 24.1 Å². The van der Waals surface area contributed by atoms with Crippen LogP contribution >= 0.6 is 32.9 Å². The summed E-state index contributed by atoms with van der Waals surface area (Å²) in [5.74, 6) is 0.356. The van der Waals surface area contributed by atoms with Crippen molar-refractivity contribution in [2.75, 3.05) is 14.1 Å². The van der Waals surface area contributed by atoms with Crippen molar-refractivity contribution in [2.24, 2.45) is 0 Å². The number of hydrogen-bond acceptors (Lipinski definition) is 5. The van der Waals surface area contributed by atoms with Crippen LogP contribution in [0.15, 0.2) is 18.2 Å². The van der Waals surface area contributed by atoms with Gasteiger partial charge in [0.15, 0.2) is 0 Å². The van der Waals surface area contributed by atoms with Crippen LogP contribution in [0.25, 0.3) is 10.4 Å². The fraction of sp³-hybridized carbons (Fsp3) is 0.357. The lowest BCUT2D eigenvalue weighted by Gasteiger charge is -2.12. The number of phenols is 1. The van der Waals surface area contributed by atoms with E-state index in [4.69, 9.17) is 12.2 Å². The van der Waals surface area contributed by atoms with Gasteiger partial charge in [0.05, 0.1) is 4.88 Å². The van der Waals surface area contributed by atoms with Gasteiger partial charge >= 0.3 is 0 Å². The molecular formula is C14H17NOS3. The van der Waals surface area contributed by atoms with Crippen molar-refractivity contribution >= 4 is 32.9 Å². The summed E-state index contributed by atoms with van der Waals surface area (Å²) in [5, 5.41) is 9.92. The monoisotopic (exact) mass is 311 g/mol. The molecule has 0 atom stereocenters. The Hall–Kier alpha value is -0.750. The Bertz CT molecular complexity index is 628. The molecular weight excluding hydrogens is 294 g/mol. The summed E-state index contributed by atoms with van der Waals surface area (Å²) in [5.41, 5.74) is 3.37. The van der Waals surface area contributed by atoms with Crippen molar-refractivity contribution in [1.82, 2.24) is 4.90 Å². The van der Waals surface area contributed by atoms with Gasteiger partial charge in [0.1, 0.15) is 9.57 Å². The first-order valence-corrected chi connectivity index (χ1v) is 8.67. The number of rotatable bonds is 4. The molecule has 1 heterocycles. The van der Waals surface area contributed by atoms with E-state index in [0.29, 0.717) is 5.75 Å². The molecule has 0 saturated carbocycles. The molecule has 1 aromatic carbocycles. The Kier molecular flexibility index (Phi) is 4.73. The Morgan fingerprint density at radius 1 is 1.26 bits per heavy atom. The van der Waals surface area contributed by atoms with E-state index in [0.717, 1.165) is 27.9 Å². The van der Waals surface area contributed by atoms with Crippen LogP contribution in [0.2, 0.25) is 0 Å². The second kappa shape index (κ2) is 6.13. The highest BCUT2D eigenvalue weighted by molar-refractivity contribution is 7.80. The van der Waals surface area contributed by atoms with Crippen molar-refractivity contribution in [3.8, 4) is 16.2 Å². The maximum atomic E-state index is 9.92. The molecule has 0 unspecified atom stereocenters. The normalized spacial score (nSPS) is 11.2. The molecule has 1 N–H and O–H groups in total. The van der Waals surface area contributed by atoms with Crippen molar-refractivity contribution in [3.63, 3.8) is 0 Å². The van der Waals surface area contributed by atoms with E-state index in [2.05, 4.69) is 17.9 Å². The van der Waals surface area contributed by atoms with Crippen molar-refractivity contribution in [1.29, 1.82) is 0 Å². The molecule has 0 aliphatic heterocycles. The van der Waals surface area contributed by atoms with Gasteiger partial charge in [-0.15, -0.1) is 0 Å². The van der Waals surface area contributed by atoms with Crippen molar-refractivity contribution < 1.29 is 5.11 Å². The van der Waals surface area contributed by atoms with Crippen LogP contribution in [-0.2, 0) is 13.0 Å². The summed E-state index contributed by atoms with van der Waals surface area (Å²) in [7, 11) is 7.38. The topological polar surface area (TPSA) is 23.5 Å². The molecule has 102 valence electrons. The summed E-state index contributed by atoms with van der Waals surface area (Å²) < 4.78 is 0.990. The summed E-state index contributed by atoms with van der Waals surface area (Å²) in [6.45, 7) is 2.87. The molecule has 0 bridgehead atoms. The van der Waals surface area contributed by atoms with Gasteiger partial charge in [-0.3, -0.25) is 0 Å². The number of hydrogen-bond donors (Lipinski definition) is 1. The second-order valence-electron chi connectivity index (χ2n) is 4.70. The summed E-state index contributed by atoms with van der Waals surface area (Å²) in [6, 6.07) is 5.82. The summed E-state index contributed by atoms with van der Waals surface area (Å²) in [6.07, 6.45) is 0.956. The van der Waals surface area contributed by atoms with Gasteiger partial charge in [-0.05, 0) is 49.8 Å². The smallest absolute Gasteiger partial charge is 0.120 e. The van der Waals surface area contributed by atoms with Crippen LogP contribution in [0.3, 0.4) is 0 Å². The van der Waals surface area contributed by atoms with Gasteiger partial charge in [-0.25, -0.2) is 0 Å². The van der Waals surface area contributed by atoms with Gasteiger partial charge in [-0.1, -0.05) is 39.8 Å². The number of phenolic OH excluding ortho intramolecular Hbond substituents is 1. The van der Waals surface area contributed by atoms with E-state index >= 15 is 0 Å². The van der Waals surface area contributed by atoms with E-state index in [-0.39, 0.29) is 0 Å². The van der Waals surface area contributed by atoms with Crippen LogP contribution in [0.4, 0.5) is 0 Å². The predicted molar refractivity (Wildman–Crippen MR) is 86.9 cm³/mol. The fourth-order valence-electron chi connectivity index (χ4n) is 1.99. The summed E-state index contributed by atoms with van der Waals surface area (Å²) in [4.78, 5) is 3.30. The third kappa shape index (κ3) is 3.23. The van der Waals surface area contributed by atoms with Crippen LogP contribution in [0.1, 0.15) is 18.1 Å². The SMILES string of the molecule is CCc1c(-c2ccc(O)c(CN(C)C)c2)ssc1=S. The maximum Gasteiger partial charge on any atom is 0.120 e. The van der Waals surface area contributed by atoms with Crippen molar-refractivity contribution in [2.45, 2.75) is 19.9 Å². The molecule has 1 aromatic heterocycles. The van der Waals surface area contributed by atoms with Crippen LogP contribution in [0.5, 0.6) is 5.75 Å². The minimum atomic E-state index is 0.356. The van der Waals surface area contributed by atoms with Gasteiger partial charge in [0, 0.05) is 12.1 Å². The van der Waals surface area contributed by atoms with E-state index in [1.807, 2.05) is 20.2 Å². The molecule has 0 amide bonds. The van der Waals surface area contributed by atoms with Crippen LogP contribution < -0.4 is 0 Å². The highest BCUT2D eigenvalue weighted by Crippen LogP contribution is 2.36. The molecule has 5 heteroatoms. The lowest BCUT2D eigenvalue weighted by atomic mass is 10.0. The molecule has 2 rings (SSSR count). The quantitative estimate of drug-likeness (QED) is 0.662. The molecule has 2 aromatic rings. The number of aromatic hydroxyl groups is 1. The lowest BCUT2D eigenvalue weighted by Crippen LogP contribution is -2.10. The number of benzene rings is 1. The Morgan fingerprint density at radius 3 is 2.63 bits per heavy atom. The molecule has 0 spiro atoms. The first kappa shape index (κ1) is 14.7. The molecule has 0 aliphatic carbocycles. The van der Waals surface area contributed by atoms with E-state index in [1.165, 1.54) is 10.4 Å². The zero-order valence-corrected chi connectivity index (χ0v) is 13.7. The Balaban J connectivity index is 2.48. The predicted octanol–water partition coefficient (Wildman–Crippen LogP) is 4.54. The average molecular weight is 311 g/mol. The lowest BCUT2D eigenvalue weighted by molar-refractivity contribution is 0.386. The fourth-order valence-corrected chi connectivity index (χ4v) is 5.12. The summed E-state index contributed by atoms with van der Waals surface area (Å²) >= 11 is 5.37. The number of nitrogens with zero attached hydrogens (tertiary/aromatic N) is 1. The largest absolute Gasteiger partial charge is 0.508 e. The third-order valence-electron chi connectivity index (χ3n) is 2.90. The molecule has 0 saturated heterocycles. The standard InChI is InChI=1S/C14H17NOS3/c1-4-11-13(18-19-14(11)17)9-5-6-12(16)10(7-9)8-15(2)3/h5-7,16H,4,8H2,1-3H3. The molecule has 0 fully saturated rings. The van der Waals surface area contributed by atoms with Gasteiger partial charge in [-0.2, -0.15) is 0 Å². The highest BCUT2D eigenvalue weighted by Gasteiger charge is 2.11. The van der Waals surface area contributed by atoms with Gasteiger partial charge < -0.3 is 10.0 Å². The zero-order chi connectivity index (χ0) is 14.0. The van der Waals surface area contributed by atoms with Crippen molar-refractivity contribution in [3.05, 3.63) is 33.1 Å².